The average molecular weight is 464 g/mol. The highest BCUT2D eigenvalue weighted by atomic mass is 31.1. The number of nitrogens with zero attached hydrogens (tertiary/aromatic N) is 4. The van der Waals surface area contributed by atoms with Gasteiger partial charge < -0.3 is 4.74 Å². The number of aryl methyl sites for hydroxylation is 1. The molecule has 1 saturated heterocycles. The standard InChI is InChI=1S/C20H26N5O6P/c1-11-9-25(19(27)22-18(11)26)17-5-15(23-24-21)16(30-17)10-29-32(28)31-20-6-12-2-13(7-20)4-14(3-12)8-20/h9,12-17H,2-8,10H2,1H3/p+1/t12?,13?,14?,15-,16+,17+,20?/m0/s1. The first kappa shape index (κ1) is 21.8. The lowest BCUT2D eigenvalue weighted by Crippen LogP contribution is -2.51. The highest BCUT2D eigenvalue weighted by molar-refractivity contribution is 7.33. The molecule has 12 heteroatoms. The van der Waals surface area contributed by atoms with Crippen molar-refractivity contribution in [1.82, 2.24) is 9.55 Å². The minimum absolute atomic E-state index is 0.0845. The molecule has 5 fully saturated rings. The molecule has 4 aliphatic carbocycles. The van der Waals surface area contributed by atoms with E-state index in [1.54, 1.807) is 6.92 Å². The maximum absolute atomic E-state index is 12.7. The number of rotatable bonds is 7. The van der Waals surface area contributed by atoms with Gasteiger partial charge in [-0.2, -0.15) is 0 Å². The summed E-state index contributed by atoms with van der Waals surface area (Å²) in [5.74, 6) is 1.99. The lowest BCUT2D eigenvalue weighted by Gasteiger charge is -2.53. The number of hydrogen-bond donors (Lipinski definition) is 1. The molecular weight excluding hydrogens is 437 g/mol. The summed E-state index contributed by atoms with van der Waals surface area (Å²) in [6.45, 7) is 1.50. The van der Waals surface area contributed by atoms with Crippen molar-refractivity contribution in [2.75, 3.05) is 6.61 Å². The fraction of sp³-hybridized carbons (Fsp3) is 0.800. The van der Waals surface area contributed by atoms with E-state index in [2.05, 4.69) is 15.0 Å². The maximum atomic E-state index is 12.7. The minimum Gasteiger partial charge on any atom is -0.352 e. The van der Waals surface area contributed by atoms with E-state index in [0.717, 1.165) is 19.3 Å². The van der Waals surface area contributed by atoms with E-state index >= 15 is 0 Å². The van der Waals surface area contributed by atoms with E-state index in [4.69, 9.17) is 19.3 Å². The van der Waals surface area contributed by atoms with Crippen LogP contribution in [0.25, 0.3) is 10.4 Å². The normalized spacial score (nSPS) is 38.0. The molecule has 0 radical (unpaired) electrons. The van der Waals surface area contributed by atoms with E-state index in [-0.39, 0.29) is 18.6 Å². The highest BCUT2D eigenvalue weighted by Gasteiger charge is 2.56. The highest BCUT2D eigenvalue weighted by Crippen LogP contribution is 2.59. The second-order valence-electron chi connectivity index (χ2n) is 9.83. The predicted molar refractivity (Wildman–Crippen MR) is 113 cm³/mol. The number of hydrogen-bond acceptors (Lipinski definition) is 7. The van der Waals surface area contributed by atoms with E-state index in [1.165, 1.54) is 30.0 Å². The molecule has 1 aliphatic heterocycles. The van der Waals surface area contributed by atoms with E-state index in [0.29, 0.717) is 23.3 Å². The average Bonchev–Trinajstić information content (AvgIpc) is 3.10. The van der Waals surface area contributed by atoms with Crippen molar-refractivity contribution in [1.29, 1.82) is 0 Å². The number of ether oxygens (including phenoxy) is 1. The summed E-state index contributed by atoms with van der Waals surface area (Å²) >= 11 is 0. The van der Waals surface area contributed by atoms with Crippen molar-refractivity contribution in [2.24, 2.45) is 22.9 Å². The number of H-pyrrole nitrogens is 1. The summed E-state index contributed by atoms with van der Waals surface area (Å²) in [7, 11) is -2.35. The first-order valence-electron chi connectivity index (χ1n) is 11.2. The molecule has 1 aromatic heterocycles. The van der Waals surface area contributed by atoms with Crippen LogP contribution in [0.4, 0.5) is 0 Å². The summed E-state index contributed by atoms with van der Waals surface area (Å²) in [5.41, 5.74) is 7.87. The molecular formula is C20H27N5O6P+. The van der Waals surface area contributed by atoms with Crippen molar-refractivity contribution in [3.63, 3.8) is 0 Å². The van der Waals surface area contributed by atoms with E-state index < -0.39 is 37.9 Å². The Morgan fingerprint density at radius 3 is 2.53 bits per heavy atom. The SMILES string of the molecule is Cc1cn([C@H]2C[C@H](N=[N+]=[N-])[C@@H](CO[P+](=O)OC34CC5CC(CC(C5)C3)C4)O2)c(=O)[nH]c1=O. The maximum Gasteiger partial charge on any atom is 0.698 e. The molecule has 172 valence electrons. The lowest BCUT2D eigenvalue weighted by atomic mass is 9.54. The number of aromatic amines is 1. The Balaban J connectivity index is 1.23. The zero-order valence-corrected chi connectivity index (χ0v) is 18.8. The number of nitrogens with one attached hydrogen (secondary N) is 1. The Hall–Kier alpha value is -2.03. The monoisotopic (exact) mass is 464 g/mol. The van der Waals surface area contributed by atoms with Gasteiger partial charge in [0.2, 0.25) is 0 Å². The Morgan fingerprint density at radius 2 is 1.91 bits per heavy atom. The topological polar surface area (TPSA) is 148 Å². The number of aromatic nitrogens is 2. The number of azide groups is 1. The molecule has 6 rings (SSSR count). The molecule has 4 bridgehead atoms. The van der Waals surface area contributed by atoms with Crippen molar-refractivity contribution in [2.45, 2.75) is 75.8 Å². The summed E-state index contributed by atoms with van der Waals surface area (Å²) in [6.07, 6.45) is 6.84. The van der Waals surface area contributed by atoms with Crippen LogP contribution in [0, 0.1) is 24.7 Å². The van der Waals surface area contributed by atoms with E-state index in [9.17, 15) is 14.2 Å². The second kappa shape index (κ2) is 8.39. The second-order valence-corrected chi connectivity index (χ2v) is 10.7. The minimum atomic E-state index is -2.35. The van der Waals surface area contributed by atoms with Gasteiger partial charge in [0.15, 0.2) is 0 Å². The van der Waals surface area contributed by atoms with Crippen LogP contribution < -0.4 is 11.2 Å². The summed E-state index contributed by atoms with van der Waals surface area (Å²) in [4.78, 5) is 28.9. The van der Waals surface area contributed by atoms with Gasteiger partial charge in [-0.25, -0.2) is 4.79 Å². The van der Waals surface area contributed by atoms with Crippen molar-refractivity contribution < 1.29 is 18.3 Å². The Labute approximate surface area is 185 Å². The molecule has 0 spiro atoms. The molecule has 32 heavy (non-hydrogen) atoms. The predicted octanol–water partition coefficient (Wildman–Crippen LogP) is 3.47. The van der Waals surface area contributed by atoms with Crippen molar-refractivity contribution >= 4 is 8.25 Å². The Morgan fingerprint density at radius 1 is 1.25 bits per heavy atom. The lowest BCUT2D eigenvalue weighted by molar-refractivity contribution is -0.111. The molecule has 0 aromatic carbocycles. The Bertz CT molecular complexity index is 1040. The first-order chi connectivity index (χ1) is 15.3. The van der Waals surface area contributed by atoms with Gasteiger partial charge in [0.25, 0.3) is 5.56 Å². The third kappa shape index (κ3) is 4.16. The molecule has 5 aliphatic rings. The molecule has 0 amide bonds. The van der Waals surface area contributed by atoms with Gasteiger partial charge >= 0.3 is 13.9 Å². The van der Waals surface area contributed by atoms with Crippen LogP contribution in [0.1, 0.15) is 56.7 Å². The molecule has 4 saturated carbocycles. The van der Waals surface area contributed by atoms with Crippen LogP contribution in [0.15, 0.2) is 20.9 Å². The summed E-state index contributed by atoms with van der Waals surface area (Å²) in [5, 5.41) is 3.76. The fourth-order valence-corrected chi connectivity index (χ4v) is 7.35. The van der Waals surface area contributed by atoms with Gasteiger partial charge in [-0.1, -0.05) is 5.11 Å². The molecule has 1 aromatic rings. The summed E-state index contributed by atoms with van der Waals surface area (Å²) in [6, 6.07) is -0.605. The van der Waals surface area contributed by atoms with E-state index in [1.807, 2.05) is 0 Å². The zero-order valence-electron chi connectivity index (χ0n) is 17.9. The largest absolute Gasteiger partial charge is 0.698 e. The fourth-order valence-electron chi connectivity index (χ4n) is 6.49. The van der Waals surface area contributed by atoms with Gasteiger partial charge in [0.1, 0.15) is 18.4 Å². The first-order valence-corrected chi connectivity index (χ1v) is 12.2. The molecule has 4 atom stereocenters. The van der Waals surface area contributed by atoms with Crippen LogP contribution in [0.2, 0.25) is 0 Å². The smallest absolute Gasteiger partial charge is 0.352 e. The summed E-state index contributed by atoms with van der Waals surface area (Å²) < 4.78 is 31.4. The van der Waals surface area contributed by atoms with Gasteiger partial charge in [-0.3, -0.25) is 14.3 Å². The van der Waals surface area contributed by atoms with Crippen LogP contribution in [0.5, 0.6) is 0 Å². The van der Waals surface area contributed by atoms with Crippen LogP contribution >= 0.6 is 8.25 Å². The third-order valence-electron chi connectivity index (χ3n) is 7.45. The quantitative estimate of drug-likeness (QED) is 0.283. The van der Waals surface area contributed by atoms with Crippen LogP contribution in [-0.2, 0) is 18.3 Å². The third-order valence-corrected chi connectivity index (χ3v) is 8.35. The van der Waals surface area contributed by atoms with Crippen molar-refractivity contribution in [3.8, 4) is 0 Å². The van der Waals surface area contributed by atoms with Gasteiger partial charge in [-0.05, 0) is 68.7 Å². The van der Waals surface area contributed by atoms with Crippen LogP contribution in [-0.4, -0.2) is 33.9 Å². The van der Waals surface area contributed by atoms with Crippen LogP contribution in [0.3, 0.4) is 0 Å². The molecule has 11 nitrogen and oxygen atoms in total. The Kier molecular flexibility index (Phi) is 5.72. The molecule has 1 N–H and O–H groups in total. The van der Waals surface area contributed by atoms with Gasteiger partial charge in [-0.15, -0.1) is 9.05 Å². The van der Waals surface area contributed by atoms with Crippen molar-refractivity contribution in [3.05, 3.63) is 43.0 Å². The molecule has 2 heterocycles. The van der Waals surface area contributed by atoms with Gasteiger partial charge in [0, 0.05) is 27.7 Å². The molecule has 1 unspecified atom stereocenters. The van der Waals surface area contributed by atoms with Gasteiger partial charge in [0.05, 0.1) is 12.1 Å². The zero-order chi connectivity index (χ0) is 22.5.